The number of hydrogen-bond donors (Lipinski definition) is 0. The van der Waals surface area contributed by atoms with Crippen LogP contribution >= 0.6 is 0 Å². The zero-order chi connectivity index (χ0) is 13.7. The summed E-state index contributed by atoms with van der Waals surface area (Å²) in [5.74, 6) is 0.686. The Kier molecular flexibility index (Phi) is 4.79. The molecule has 0 atom stereocenters. The van der Waals surface area contributed by atoms with E-state index in [9.17, 15) is 5.26 Å². The van der Waals surface area contributed by atoms with Crippen molar-refractivity contribution >= 4 is 5.69 Å². The Bertz CT molecular complexity index is 442. The van der Waals surface area contributed by atoms with Crippen molar-refractivity contribution in [2.24, 2.45) is 5.92 Å². The highest BCUT2D eigenvalue weighted by atomic mass is 15.2. The Morgan fingerprint density at radius 3 is 2.79 bits per heavy atom. The van der Waals surface area contributed by atoms with Crippen LogP contribution in [0.15, 0.2) is 18.3 Å². The molecule has 0 radical (unpaired) electrons. The molecule has 0 unspecified atom stereocenters. The van der Waals surface area contributed by atoms with E-state index in [0.717, 1.165) is 18.7 Å². The zero-order valence-electron chi connectivity index (χ0n) is 12.0. The van der Waals surface area contributed by atoms with Crippen LogP contribution in [-0.4, -0.2) is 17.6 Å². The van der Waals surface area contributed by atoms with Gasteiger partial charge in [-0.15, -0.1) is 0 Å². The number of hydrogen-bond acceptors (Lipinski definition) is 3. The highest BCUT2D eigenvalue weighted by Crippen LogP contribution is 2.30. The summed E-state index contributed by atoms with van der Waals surface area (Å²) in [5.41, 5.74) is 1.59. The quantitative estimate of drug-likeness (QED) is 0.806. The molecule has 1 heterocycles. The summed E-state index contributed by atoms with van der Waals surface area (Å²) in [4.78, 5) is 6.64. The molecule has 1 fully saturated rings. The van der Waals surface area contributed by atoms with Crippen LogP contribution in [0, 0.1) is 17.2 Å². The minimum absolute atomic E-state index is 0.568. The lowest BCUT2D eigenvalue weighted by Gasteiger charge is -2.32. The average Bonchev–Trinajstić information content (AvgIpc) is 2.93. The summed E-state index contributed by atoms with van der Waals surface area (Å²) < 4.78 is 0. The molecule has 19 heavy (non-hydrogen) atoms. The van der Waals surface area contributed by atoms with Gasteiger partial charge in [-0.2, -0.15) is 5.26 Å². The molecule has 0 saturated heterocycles. The SMILES string of the molecule is CC(C)CCN(c1cccnc1C#N)C1CCCC1. The van der Waals surface area contributed by atoms with Crippen LogP contribution < -0.4 is 4.90 Å². The number of rotatable bonds is 5. The summed E-state index contributed by atoms with van der Waals surface area (Å²) in [6.07, 6.45) is 7.99. The van der Waals surface area contributed by atoms with E-state index in [2.05, 4.69) is 29.8 Å². The first kappa shape index (κ1) is 13.9. The van der Waals surface area contributed by atoms with Gasteiger partial charge in [0.15, 0.2) is 5.69 Å². The van der Waals surface area contributed by atoms with E-state index >= 15 is 0 Å². The van der Waals surface area contributed by atoms with Crippen molar-refractivity contribution in [1.82, 2.24) is 4.98 Å². The minimum Gasteiger partial charge on any atom is -0.366 e. The van der Waals surface area contributed by atoms with Crippen molar-refractivity contribution in [3.05, 3.63) is 24.0 Å². The fraction of sp³-hybridized carbons (Fsp3) is 0.625. The van der Waals surface area contributed by atoms with Gasteiger partial charge >= 0.3 is 0 Å². The van der Waals surface area contributed by atoms with E-state index in [1.54, 1.807) is 6.20 Å². The third kappa shape index (κ3) is 3.47. The maximum Gasteiger partial charge on any atom is 0.163 e. The van der Waals surface area contributed by atoms with Crippen LogP contribution in [0.25, 0.3) is 0 Å². The molecule has 1 aromatic heterocycles. The predicted molar refractivity (Wildman–Crippen MR) is 78.0 cm³/mol. The van der Waals surface area contributed by atoms with Crippen molar-refractivity contribution in [3.8, 4) is 6.07 Å². The van der Waals surface area contributed by atoms with Gasteiger partial charge in [-0.25, -0.2) is 4.98 Å². The topological polar surface area (TPSA) is 39.9 Å². The Morgan fingerprint density at radius 1 is 1.42 bits per heavy atom. The van der Waals surface area contributed by atoms with Crippen LogP contribution in [-0.2, 0) is 0 Å². The highest BCUT2D eigenvalue weighted by Gasteiger charge is 2.24. The van der Waals surface area contributed by atoms with Crippen molar-refractivity contribution in [2.75, 3.05) is 11.4 Å². The smallest absolute Gasteiger partial charge is 0.163 e. The predicted octanol–water partition coefficient (Wildman–Crippen LogP) is 3.75. The minimum atomic E-state index is 0.568. The molecule has 1 aromatic rings. The third-order valence-corrected chi connectivity index (χ3v) is 3.91. The van der Waals surface area contributed by atoms with Crippen LogP contribution in [0.5, 0.6) is 0 Å². The number of pyridine rings is 1. The molecule has 3 nitrogen and oxygen atoms in total. The van der Waals surface area contributed by atoms with E-state index < -0.39 is 0 Å². The normalized spacial score (nSPS) is 15.7. The fourth-order valence-electron chi connectivity index (χ4n) is 2.83. The largest absolute Gasteiger partial charge is 0.366 e. The van der Waals surface area contributed by atoms with Gasteiger partial charge in [-0.3, -0.25) is 0 Å². The van der Waals surface area contributed by atoms with Crippen LogP contribution in [0.3, 0.4) is 0 Å². The molecule has 0 spiro atoms. The maximum atomic E-state index is 9.25. The summed E-state index contributed by atoms with van der Waals surface area (Å²) in [5, 5.41) is 9.25. The number of aromatic nitrogens is 1. The highest BCUT2D eigenvalue weighted by molar-refractivity contribution is 5.56. The summed E-state index contributed by atoms with van der Waals surface area (Å²) in [6, 6.07) is 6.81. The molecule has 0 amide bonds. The van der Waals surface area contributed by atoms with Crippen molar-refractivity contribution in [2.45, 2.75) is 52.0 Å². The average molecular weight is 257 g/mol. The van der Waals surface area contributed by atoms with Gasteiger partial charge in [0.1, 0.15) is 6.07 Å². The first-order valence-electron chi connectivity index (χ1n) is 7.34. The molecule has 0 aromatic carbocycles. The maximum absolute atomic E-state index is 9.25. The fourth-order valence-corrected chi connectivity index (χ4v) is 2.83. The zero-order valence-corrected chi connectivity index (χ0v) is 12.0. The van der Waals surface area contributed by atoms with Crippen LogP contribution in [0.1, 0.15) is 51.6 Å². The first-order valence-corrected chi connectivity index (χ1v) is 7.34. The van der Waals surface area contributed by atoms with Crippen LogP contribution in [0.2, 0.25) is 0 Å². The first-order chi connectivity index (χ1) is 9.22. The molecule has 2 rings (SSSR count). The Balaban J connectivity index is 2.22. The van der Waals surface area contributed by atoms with E-state index in [0.29, 0.717) is 17.7 Å². The van der Waals surface area contributed by atoms with Gasteiger partial charge in [-0.05, 0) is 37.3 Å². The summed E-state index contributed by atoms with van der Waals surface area (Å²) in [7, 11) is 0. The lowest BCUT2D eigenvalue weighted by atomic mass is 10.1. The Labute approximate surface area is 116 Å². The van der Waals surface area contributed by atoms with Gasteiger partial charge in [0, 0.05) is 18.8 Å². The van der Waals surface area contributed by atoms with E-state index in [4.69, 9.17) is 0 Å². The second-order valence-corrected chi connectivity index (χ2v) is 5.80. The lowest BCUT2D eigenvalue weighted by molar-refractivity contribution is 0.528. The van der Waals surface area contributed by atoms with Crippen molar-refractivity contribution in [3.63, 3.8) is 0 Å². The lowest BCUT2D eigenvalue weighted by Crippen LogP contribution is -2.35. The molecule has 0 bridgehead atoms. The number of nitriles is 1. The Hall–Kier alpha value is -1.56. The third-order valence-electron chi connectivity index (χ3n) is 3.91. The molecule has 3 heteroatoms. The molecule has 0 aliphatic heterocycles. The van der Waals surface area contributed by atoms with Crippen LogP contribution in [0.4, 0.5) is 5.69 Å². The van der Waals surface area contributed by atoms with E-state index in [1.165, 1.54) is 25.7 Å². The monoisotopic (exact) mass is 257 g/mol. The summed E-state index contributed by atoms with van der Waals surface area (Å²) in [6.45, 7) is 5.53. The molecular formula is C16H23N3. The van der Waals surface area contributed by atoms with Gasteiger partial charge in [0.2, 0.25) is 0 Å². The Morgan fingerprint density at radius 2 is 2.16 bits per heavy atom. The number of anilines is 1. The molecule has 1 aliphatic carbocycles. The standard InChI is InChI=1S/C16H23N3/c1-13(2)9-11-19(14-6-3-4-7-14)16-8-5-10-18-15(16)12-17/h5,8,10,13-14H,3-4,6-7,9,11H2,1-2H3. The molecular weight excluding hydrogens is 234 g/mol. The van der Waals surface area contributed by atoms with Gasteiger partial charge in [-0.1, -0.05) is 26.7 Å². The second kappa shape index (κ2) is 6.56. The summed E-state index contributed by atoms with van der Waals surface area (Å²) >= 11 is 0. The van der Waals surface area contributed by atoms with E-state index in [-0.39, 0.29) is 0 Å². The molecule has 1 aliphatic rings. The molecule has 0 N–H and O–H groups in total. The second-order valence-electron chi connectivity index (χ2n) is 5.80. The van der Waals surface area contributed by atoms with Gasteiger partial charge < -0.3 is 4.90 Å². The van der Waals surface area contributed by atoms with Gasteiger partial charge in [0.25, 0.3) is 0 Å². The molecule has 1 saturated carbocycles. The molecule has 102 valence electrons. The van der Waals surface area contributed by atoms with Gasteiger partial charge in [0.05, 0.1) is 5.69 Å². The van der Waals surface area contributed by atoms with Crippen molar-refractivity contribution in [1.29, 1.82) is 5.26 Å². The van der Waals surface area contributed by atoms with Crippen molar-refractivity contribution < 1.29 is 0 Å². The number of nitrogens with zero attached hydrogens (tertiary/aromatic N) is 3. The van der Waals surface area contributed by atoms with E-state index in [1.807, 2.05) is 12.1 Å².